The third-order valence-electron chi connectivity index (χ3n) is 2.23. The number of nitrogens with one attached hydrogen (secondary N) is 1. The Labute approximate surface area is 95.6 Å². The van der Waals surface area contributed by atoms with Crippen molar-refractivity contribution in [3.05, 3.63) is 35.1 Å². The molecule has 0 amide bonds. The van der Waals surface area contributed by atoms with Crippen molar-refractivity contribution in [3.63, 3.8) is 0 Å². The van der Waals surface area contributed by atoms with Crippen molar-refractivity contribution < 1.29 is 22.0 Å². The van der Waals surface area contributed by atoms with Crippen molar-refractivity contribution in [2.24, 2.45) is 0 Å². The van der Waals surface area contributed by atoms with Crippen molar-refractivity contribution in [1.82, 2.24) is 5.32 Å². The molecule has 0 aliphatic rings. The summed E-state index contributed by atoms with van der Waals surface area (Å²) in [5, 5.41) is 2.45. The van der Waals surface area contributed by atoms with Crippen LogP contribution in [0.4, 0.5) is 22.0 Å². The number of hydrogen-bond donors (Lipinski definition) is 1. The maximum absolute atomic E-state index is 12.9. The van der Waals surface area contributed by atoms with Gasteiger partial charge in [0.1, 0.15) is 0 Å². The Bertz CT molecular complexity index is 357. The number of rotatable bonds is 5. The van der Waals surface area contributed by atoms with Crippen LogP contribution in [0.15, 0.2) is 12.1 Å². The molecular weight excluding hydrogens is 241 g/mol. The Morgan fingerprint density at radius 1 is 1.12 bits per heavy atom. The van der Waals surface area contributed by atoms with Crippen molar-refractivity contribution in [2.75, 3.05) is 6.54 Å². The quantitative estimate of drug-likeness (QED) is 0.626. The number of alkyl halides is 2. The minimum absolute atomic E-state index is 0.273. The van der Waals surface area contributed by atoms with E-state index in [9.17, 15) is 22.0 Å². The van der Waals surface area contributed by atoms with Crippen LogP contribution in [-0.2, 0) is 0 Å². The fourth-order valence-electron chi connectivity index (χ4n) is 1.41. The molecule has 1 atom stereocenters. The van der Waals surface area contributed by atoms with Gasteiger partial charge < -0.3 is 5.32 Å². The molecule has 1 aromatic rings. The lowest BCUT2D eigenvalue weighted by molar-refractivity contribution is 0.0981. The Morgan fingerprint density at radius 2 is 1.65 bits per heavy atom. The van der Waals surface area contributed by atoms with Gasteiger partial charge in [0.05, 0.1) is 6.04 Å². The predicted molar refractivity (Wildman–Crippen MR) is 53.4 cm³/mol. The Kier molecular flexibility index (Phi) is 4.86. The molecule has 0 aliphatic carbocycles. The first-order valence-electron chi connectivity index (χ1n) is 5.13. The SMILES string of the molecule is CCCNC(c1cc(F)c(F)c(F)c1)C(F)F. The van der Waals surface area contributed by atoms with Gasteiger partial charge >= 0.3 is 0 Å². The summed E-state index contributed by atoms with van der Waals surface area (Å²) < 4.78 is 63.8. The topological polar surface area (TPSA) is 12.0 Å². The standard InChI is InChI=1S/C11H12F5N/c1-2-3-17-10(11(15)16)6-4-7(12)9(14)8(13)5-6/h4-5,10-11,17H,2-3H2,1H3. The number of halogens is 5. The van der Waals surface area contributed by atoms with E-state index in [4.69, 9.17) is 0 Å². The molecule has 1 unspecified atom stereocenters. The first-order chi connectivity index (χ1) is 7.97. The van der Waals surface area contributed by atoms with E-state index in [1.54, 1.807) is 6.92 Å². The zero-order valence-electron chi connectivity index (χ0n) is 9.11. The molecule has 0 bridgehead atoms. The summed E-state index contributed by atoms with van der Waals surface area (Å²) in [6.07, 6.45) is -2.24. The van der Waals surface area contributed by atoms with E-state index in [0.717, 1.165) is 0 Å². The highest BCUT2D eigenvalue weighted by molar-refractivity contribution is 5.23. The zero-order valence-corrected chi connectivity index (χ0v) is 9.11. The highest BCUT2D eigenvalue weighted by Gasteiger charge is 2.24. The molecule has 0 saturated heterocycles. The lowest BCUT2D eigenvalue weighted by atomic mass is 10.1. The Hall–Kier alpha value is -1.17. The lowest BCUT2D eigenvalue weighted by Crippen LogP contribution is -2.28. The van der Waals surface area contributed by atoms with Gasteiger partial charge in [0.2, 0.25) is 0 Å². The maximum Gasteiger partial charge on any atom is 0.257 e. The van der Waals surface area contributed by atoms with Crippen LogP contribution in [0.2, 0.25) is 0 Å². The molecule has 96 valence electrons. The van der Waals surface area contributed by atoms with Gasteiger partial charge in [0.25, 0.3) is 6.43 Å². The molecule has 0 spiro atoms. The van der Waals surface area contributed by atoms with Gasteiger partial charge in [-0.1, -0.05) is 6.92 Å². The van der Waals surface area contributed by atoms with Crippen molar-refractivity contribution >= 4 is 0 Å². The number of hydrogen-bond acceptors (Lipinski definition) is 1. The molecule has 0 aromatic heterocycles. The number of benzene rings is 1. The van der Waals surface area contributed by atoms with Gasteiger partial charge in [-0.2, -0.15) is 0 Å². The van der Waals surface area contributed by atoms with Gasteiger partial charge in [-0.05, 0) is 30.7 Å². The Balaban J connectivity index is 3.02. The summed E-state index contributed by atoms with van der Waals surface area (Å²) in [5.74, 6) is -4.59. The monoisotopic (exact) mass is 253 g/mol. The van der Waals surface area contributed by atoms with Gasteiger partial charge in [0, 0.05) is 0 Å². The zero-order chi connectivity index (χ0) is 13.0. The van der Waals surface area contributed by atoms with Gasteiger partial charge in [-0.3, -0.25) is 0 Å². The van der Waals surface area contributed by atoms with Crippen molar-refractivity contribution in [1.29, 1.82) is 0 Å². The van der Waals surface area contributed by atoms with Gasteiger partial charge in [0.15, 0.2) is 17.5 Å². The second kappa shape index (κ2) is 5.95. The largest absolute Gasteiger partial charge is 0.305 e. The summed E-state index contributed by atoms with van der Waals surface area (Å²) in [6.45, 7) is 2.04. The highest BCUT2D eigenvalue weighted by atomic mass is 19.3. The summed E-state index contributed by atoms with van der Waals surface area (Å²) in [5.41, 5.74) is -0.301. The van der Waals surface area contributed by atoms with Gasteiger partial charge in [-0.15, -0.1) is 0 Å². The second-order valence-corrected chi connectivity index (χ2v) is 3.56. The molecule has 17 heavy (non-hydrogen) atoms. The first-order valence-corrected chi connectivity index (χ1v) is 5.13. The van der Waals surface area contributed by atoms with E-state index >= 15 is 0 Å². The third-order valence-corrected chi connectivity index (χ3v) is 2.23. The average Bonchev–Trinajstić information content (AvgIpc) is 2.25. The lowest BCUT2D eigenvalue weighted by Gasteiger charge is -2.18. The molecule has 0 saturated carbocycles. The second-order valence-electron chi connectivity index (χ2n) is 3.56. The minimum atomic E-state index is -2.83. The van der Waals surface area contributed by atoms with E-state index in [2.05, 4.69) is 5.32 Å². The molecule has 1 aromatic carbocycles. The van der Waals surface area contributed by atoms with Crippen LogP contribution < -0.4 is 5.32 Å². The Morgan fingerprint density at radius 3 is 2.06 bits per heavy atom. The van der Waals surface area contributed by atoms with Crippen molar-refractivity contribution in [3.8, 4) is 0 Å². The molecule has 1 rings (SSSR count). The molecule has 6 heteroatoms. The molecule has 0 radical (unpaired) electrons. The van der Waals surface area contributed by atoms with Crippen LogP contribution in [0.25, 0.3) is 0 Å². The average molecular weight is 253 g/mol. The minimum Gasteiger partial charge on any atom is -0.305 e. The van der Waals surface area contributed by atoms with Crippen LogP contribution in [0, 0.1) is 17.5 Å². The third kappa shape index (κ3) is 3.39. The van der Waals surface area contributed by atoms with E-state index in [-0.39, 0.29) is 12.1 Å². The highest BCUT2D eigenvalue weighted by Crippen LogP contribution is 2.24. The van der Waals surface area contributed by atoms with Crippen LogP contribution in [0.3, 0.4) is 0 Å². The van der Waals surface area contributed by atoms with Crippen LogP contribution in [0.5, 0.6) is 0 Å². The summed E-state index contributed by atoms with van der Waals surface area (Å²) in [7, 11) is 0. The summed E-state index contributed by atoms with van der Waals surface area (Å²) in [4.78, 5) is 0. The molecule has 0 fully saturated rings. The van der Waals surface area contributed by atoms with E-state index < -0.39 is 29.9 Å². The van der Waals surface area contributed by atoms with Gasteiger partial charge in [-0.25, -0.2) is 22.0 Å². The predicted octanol–water partition coefficient (Wildman–Crippen LogP) is 3.41. The fourth-order valence-corrected chi connectivity index (χ4v) is 1.41. The van der Waals surface area contributed by atoms with Crippen LogP contribution in [0.1, 0.15) is 24.9 Å². The molecule has 0 heterocycles. The van der Waals surface area contributed by atoms with Crippen LogP contribution >= 0.6 is 0 Å². The van der Waals surface area contributed by atoms with Crippen LogP contribution in [-0.4, -0.2) is 13.0 Å². The smallest absolute Gasteiger partial charge is 0.257 e. The maximum atomic E-state index is 12.9. The van der Waals surface area contributed by atoms with E-state index in [1.807, 2.05) is 0 Å². The molecule has 1 nitrogen and oxygen atoms in total. The fraction of sp³-hybridized carbons (Fsp3) is 0.455. The molecule has 1 N–H and O–H groups in total. The van der Waals surface area contributed by atoms with E-state index in [0.29, 0.717) is 18.6 Å². The summed E-state index contributed by atoms with van der Waals surface area (Å²) in [6, 6.07) is -0.338. The normalized spacial score (nSPS) is 13.1. The molecule has 0 aliphatic heterocycles. The van der Waals surface area contributed by atoms with Crippen molar-refractivity contribution in [2.45, 2.75) is 25.8 Å². The summed E-state index contributed by atoms with van der Waals surface area (Å²) >= 11 is 0. The first kappa shape index (κ1) is 13.9. The molecular formula is C11H12F5N. The van der Waals surface area contributed by atoms with E-state index in [1.165, 1.54) is 0 Å².